The molecule has 0 aliphatic rings. The fourth-order valence-electron chi connectivity index (χ4n) is 1.65. The number of carbonyl (C=O) groups excluding carboxylic acids is 1. The van der Waals surface area contributed by atoms with Gasteiger partial charge in [0.1, 0.15) is 5.78 Å². The molecule has 0 N–H and O–H groups in total. The van der Waals surface area contributed by atoms with Gasteiger partial charge in [-0.3, -0.25) is 4.79 Å². The Kier molecular flexibility index (Phi) is 11.4. The Morgan fingerprint density at radius 3 is 1.87 bits per heavy atom. The molecule has 0 unspecified atom stereocenters. The first-order chi connectivity index (χ1) is 7.31. The van der Waals surface area contributed by atoms with Crippen LogP contribution in [0.1, 0.15) is 71.1 Å². The van der Waals surface area contributed by atoms with Crippen molar-refractivity contribution in [1.82, 2.24) is 0 Å². The van der Waals surface area contributed by atoms with E-state index in [1.165, 1.54) is 19.3 Å². The minimum atomic E-state index is 0.0327. The van der Waals surface area contributed by atoms with Crippen molar-refractivity contribution in [3.63, 3.8) is 0 Å². The summed E-state index contributed by atoms with van der Waals surface area (Å²) in [4.78, 5) is 11.4. The van der Waals surface area contributed by atoms with Crippen molar-refractivity contribution in [1.29, 1.82) is 0 Å². The molecule has 0 aromatic heterocycles. The summed E-state index contributed by atoms with van der Waals surface area (Å²) in [6, 6.07) is 0. The first kappa shape index (κ1) is 14.6. The third kappa shape index (κ3) is 11.6. The topological polar surface area (TPSA) is 37.0 Å². The van der Waals surface area contributed by atoms with Crippen molar-refractivity contribution in [2.45, 2.75) is 71.1 Å². The summed E-state index contributed by atoms with van der Waals surface area (Å²) in [5, 5.41) is 10.2. The number of hydrogen-bond donors (Lipinski definition) is 0. The van der Waals surface area contributed by atoms with Gasteiger partial charge in [0.15, 0.2) is 0 Å². The lowest BCUT2D eigenvalue weighted by atomic mass is 10.0. The van der Waals surface area contributed by atoms with Crippen molar-refractivity contribution in [2.75, 3.05) is 6.61 Å². The van der Waals surface area contributed by atoms with Crippen molar-refractivity contribution in [3.8, 4) is 0 Å². The molecule has 15 heavy (non-hydrogen) atoms. The lowest BCUT2D eigenvalue weighted by Gasteiger charge is -2.00. The highest BCUT2D eigenvalue weighted by atomic mass is 16.2. The first-order valence-corrected chi connectivity index (χ1v) is 6.41. The van der Waals surface area contributed by atoms with E-state index < -0.39 is 0 Å². The van der Waals surface area contributed by atoms with Crippen LogP contribution in [-0.2, 0) is 9.90 Å². The van der Waals surface area contributed by atoms with E-state index in [0.717, 1.165) is 44.9 Å². The van der Waals surface area contributed by atoms with Crippen LogP contribution in [0.4, 0.5) is 0 Å². The molecule has 0 aromatic rings. The van der Waals surface area contributed by atoms with E-state index in [9.17, 15) is 9.90 Å². The molecule has 0 aliphatic heterocycles. The molecule has 0 rings (SSSR count). The van der Waals surface area contributed by atoms with Crippen molar-refractivity contribution < 1.29 is 9.90 Å². The predicted molar refractivity (Wildman–Crippen MR) is 62.4 cm³/mol. The molecule has 0 aromatic carbocycles. The van der Waals surface area contributed by atoms with Crippen LogP contribution in [0.2, 0.25) is 0 Å². The molecule has 0 amide bonds. The molecule has 0 saturated heterocycles. The number of unbranched alkanes of at least 4 members (excludes halogenated alkanes) is 6. The Bertz CT molecular complexity index is 143. The summed E-state index contributed by atoms with van der Waals surface area (Å²) in [6.07, 6.45) is 10.0. The standard InChI is InChI=1S/C13H25O2/c1-2-3-4-7-10-13(15)11-8-5-6-9-12-14/h2-12H2,1H3. The number of hydrogen-bond acceptors (Lipinski definition) is 1. The summed E-state index contributed by atoms with van der Waals surface area (Å²) in [5.41, 5.74) is 0. The van der Waals surface area contributed by atoms with Crippen LogP contribution in [0, 0.1) is 0 Å². The van der Waals surface area contributed by atoms with Crippen LogP contribution in [0.15, 0.2) is 0 Å². The Morgan fingerprint density at radius 2 is 1.33 bits per heavy atom. The third-order valence-corrected chi connectivity index (χ3v) is 2.66. The van der Waals surface area contributed by atoms with E-state index >= 15 is 0 Å². The zero-order chi connectivity index (χ0) is 11.4. The lowest BCUT2D eigenvalue weighted by Crippen LogP contribution is -1.97. The Hall–Kier alpha value is -0.370. The molecule has 0 bridgehead atoms. The van der Waals surface area contributed by atoms with E-state index in [1.807, 2.05) is 0 Å². The molecule has 2 nitrogen and oxygen atoms in total. The molecule has 0 heterocycles. The molecular formula is C13H25O2. The zero-order valence-corrected chi connectivity index (χ0v) is 10.1. The summed E-state index contributed by atoms with van der Waals surface area (Å²) in [5.74, 6) is 0.410. The number of carbonyl (C=O) groups is 1. The van der Waals surface area contributed by atoms with E-state index in [2.05, 4.69) is 6.92 Å². The summed E-state index contributed by atoms with van der Waals surface area (Å²) < 4.78 is 0. The van der Waals surface area contributed by atoms with Gasteiger partial charge < -0.3 is 0 Å². The quantitative estimate of drug-likeness (QED) is 0.479. The minimum absolute atomic E-state index is 0.0327. The Balaban J connectivity index is 3.11. The summed E-state index contributed by atoms with van der Waals surface area (Å²) >= 11 is 0. The molecule has 2 heteroatoms. The van der Waals surface area contributed by atoms with Crippen LogP contribution in [0.25, 0.3) is 0 Å². The Morgan fingerprint density at radius 1 is 0.800 bits per heavy atom. The predicted octanol–water partition coefficient (Wildman–Crippen LogP) is 3.91. The maximum absolute atomic E-state index is 11.4. The average molecular weight is 213 g/mol. The van der Waals surface area contributed by atoms with E-state index in [4.69, 9.17) is 0 Å². The SMILES string of the molecule is CCCCCCC(=O)CCCCCC[O]. The maximum Gasteiger partial charge on any atom is 0.132 e. The van der Waals surface area contributed by atoms with Gasteiger partial charge >= 0.3 is 0 Å². The van der Waals surface area contributed by atoms with E-state index in [0.29, 0.717) is 5.78 Å². The highest BCUT2D eigenvalue weighted by Gasteiger charge is 2.01. The van der Waals surface area contributed by atoms with Crippen LogP contribution >= 0.6 is 0 Å². The first-order valence-electron chi connectivity index (χ1n) is 6.41. The normalized spacial score (nSPS) is 10.5. The molecule has 1 radical (unpaired) electrons. The van der Waals surface area contributed by atoms with Gasteiger partial charge in [-0.25, -0.2) is 5.11 Å². The largest absolute Gasteiger partial charge is 0.300 e. The average Bonchev–Trinajstić information content (AvgIpc) is 2.24. The van der Waals surface area contributed by atoms with Gasteiger partial charge in [0, 0.05) is 12.8 Å². The minimum Gasteiger partial charge on any atom is -0.300 e. The second-order valence-corrected chi connectivity index (χ2v) is 4.22. The fraction of sp³-hybridized carbons (Fsp3) is 0.923. The van der Waals surface area contributed by atoms with E-state index in [1.54, 1.807) is 0 Å². The molecule has 0 saturated carbocycles. The van der Waals surface area contributed by atoms with Gasteiger partial charge in [0.2, 0.25) is 0 Å². The van der Waals surface area contributed by atoms with Crippen molar-refractivity contribution >= 4 is 5.78 Å². The lowest BCUT2D eigenvalue weighted by molar-refractivity contribution is -0.119. The number of ketones is 1. The number of rotatable bonds is 11. The van der Waals surface area contributed by atoms with Crippen molar-refractivity contribution in [2.24, 2.45) is 0 Å². The molecule has 0 spiro atoms. The van der Waals surface area contributed by atoms with Crippen molar-refractivity contribution in [3.05, 3.63) is 0 Å². The van der Waals surface area contributed by atoms with Gasteiger partial charge in [-0.05, 0) is 19.3 Å². The van der Waals surface area contributed by atoms with Gasteiger partial charge in [-0.15, -0.1) is 0 Å². The van der Waals surface area contributed by atoms with E-state index in [-0.39, 0.29) is 6.61 Å². The fourth-order valence-corrected chi connectivity index (χ4v) is 1.65. The monoisotopic (exact) mass is 213 g/mol. The Labute approximate surface area is 94.1 Å². The molecular weight excluding hydrogens is 188 g/mol. The van der Waals surface area contributed by atoms with Crippen LogP contribution in [0.3, 0.4) is 0 Å². The third-order valence-electron chi connectivity index (χ3n) is 2.66. The second-order valence-electron chi connectivity index (χ2n) is 4.22. The van der Waals surface area contributed by atoms with Crippen LogP contribution in [0.5, 0.6) is 0 Å². The summed E-state index contributed by atoms with van der Waals surface area (Å²) in [7, 11) is 0. The van der Waals surface area contributed by atoms with Crippen LogP contribution < -0.4 is 0 Å². The molecule has 0 atom stereocenters. The van der Waals surface area contributed by atoms with Gasteiger partial charge in [0.05, 0.1) is 6.61 Å². The zero-order valence-electron chi connectivity index (χ0n) is 10.1. The second kappa shape index (κ2) is 11.7. The molecule has 89 valence electrons. The molecule has 0 aliphatic carbocycles. The maximum atomic E-state index is 11.4. The summed E-state index contributed by atoms with van der Waals surface area (Å²) in [6.45, 7) is 2.21. The van der Waals surface area contributed by atoms with Gasteiger partial charge in [-0.1, -0.05) is 39.0 Å². The van der Waals surface area contributed by atoms with Crippen LogP contribution in [-0.4, -0.2) is 12.4 Å². The van der Waals surface area contributed by atoms with Gasteiger partial charge in [-0.2, -0.15) is 0 Å². The molecule has 0 fully saturated rings. The number of Topliss-reactive ketones (excluding diaryl/α,β-unsaturated/α-hetero) is 1. The smallest absolute Gasteiger partial charge is 0.132 e. The highest BCUT2D eigenvalue weighted by molar-refractivity contribution is 5.78. The van der Waals surface area contributed by atoms with Gasteiger partial charge in [0.25, 0.3) is 0 Å². The highest BCUT2D eigenvalue weighted by Crippen LogP contribution is 2.08.